The first-order valence-electron chi connectivity index (χ1n) is 29.0. The molecule has 4 heteroatoms. The van der Waals surface area contributed by atoms with Crippen molar-refractivity contribution in [1.29, 1.82) is 0 Å². The minimum absolute atomic E-state index is 0.0761. The van der Waals surface area contributed by atoms with Gasteiger partial charge < -0.3 is 18.6 Å². The van der Waals surface area contributed by atoms with Gasteiger partial charge in [0.05, 0.1) is 11.4 Å². The highest BCUT2D eigenvalue weighted by molar-refractivity contribution is 6.13. The molecule has 5 unspecified atom stereocenters. The summed E-state index contributed by atoms with van der Waals surface area (Å²) in [6.07, 6.45) is 6.25. The van der Waals surface area contributed by atoms with Crippen molar-refractivity contribution in [2.75, 3.05) is 9.80 Å². The van der Waals surface area contributed by atoms with E-state index in [1.54, 1.807) is 0 Å². The van der Waals surface area contributed by atoms with Crippen molar-refractivity contribution < 1.29 is 8.83 Å². The zero-order chi connectivity index (χ0) is 53.6. The van der Waals surface area contributed by atoms with Gasteiger partial charge in [-0.1, -0.05) is 171 Å². The Morgan fingerprint density at radius 1 is 0.462 bits per heavy atom. The van der Waals surface area contributed by atoms with Crippen LogP contribution >= 0.6 is 0 Å². The van der Waals surface area contributed by atoms with E-state index in [1.807, 2.05) is 0 Å². The van der Waals surface area contributed by atoms with E-state index < -0.39 is 0 Å². The van der Waals surface area contributed by atoms with Gasteiger partial charge in [-0.15, -0.1) is 0 Å². The Labute approximate surface area is 460 Å². The molecule has 9 aromatic carbocycles. The average Bonchev–Trinajstić information content (AvgIpc) is 3.22. The van der Waals surface area contributed by atoms with Gasteiger partial charge in [0.25, 0.3) is 0 Å². The van der Waals surface area contributed by atoms with Crippen molar-refractivity contribution in [3.05, 3.63) is 203 Å². The largest absolute Gasteiger partial charge is 0.454 e. The number of hydrogen-bond donors (Lipinski definition) is 0. The lowest BCUT2D eigenvalue weighted by Crippen LogP contribution is -2.50. The molecule has 0 amide bonds. The van der Waals surface area contributed by atoms with Gasteiger partial charge in [0.1, 0.15) is 11.2 Å². The summed E-state index contributed by atoms with van der Waals surface area (Å²) < 4.78 is 14.3. The number of aryl methyl sites for hydroxylation is 2. The Morgan fingerprint density at radius 2 is 0.962 bits per heavy atom. The molecular formula is C74H72N2O2. The summed E-state index contributed by atoms with van der Waals surface area (Å²) in [6.45, 7) is 23.2. The van der Waals surface area contributed by atoms with Crippen LogP contribution in [-0.4, -0.2) is 0 Å². The molecule has 78 heavy (non-hydrogen) atoms. The third-order valence-corrected chi connectivity index (χ3v) is 18.9. The third kappa shape index (κ3) is 7.30. The number of para-hydroxylation sites is 6. The van der Waals surface area contributed by atoms with Crippen LogP contribution in [0.3, 0.4) is 0 Å². The fourth-order valence-electron chi connectivity index (χ4n) is 15.6. The number of rotatable bonds is 7. The molecule has 4 nitrogen and oxygen atoms in total. The summed E-state index contributed by atoms with van der Waals surface area (Å²) in [5.74, 6) is 2.46. The molecule has 1 spiro atoms. The molecule has 2 bridgehead atoms. The van der Waals surface area contributed by atoms with Crippen molar-refractivity contribution in [2.24, 2.45) is 23.7 Å². The molecule has 2 saturated carbocycles. The molecule has 0 aliphatic heterocycles. The summed E-state index contributed by atoms with van der Waals surface area (Å²) in [5, 5.41) is 7.15. The number of nitrogens with zero attached hydrogens (tertiary/aromatic N) is 2. The molecule has 390 valence electrons. The van der Waals surface area contributed by atoms with Gasteiger partial charge in [-0.25, -0.2) is 0 Å². The van der Waals surface area contributed by atoms with Crippen molar-refractivity contribution in [2.45, 2.75) is 118 Å². The van der Waals surface area contributed by atoms with Crippen molar-refractivity contribution in [1.82, 2.24) is 0 Å². The first kappa shape index (κ1) is 48.8. The summed E-state index contributed by atoms with van der Waals surface area (Å²) in [5.41, 5.74) is 20.9. The van der Waals surface area contributed by atoms with Crippen LogP contribution in [0.5, 0.6) is 0 Å². The monoisotopic (exact) mass is 1020 g/mol. The van der Waals surface area contributed by atoms with E-state index in [-0.39, 0.29) is 16.2 Å². The van der Waals surface area contributed by atoms with Crippen LogP contribution in [0.1, 0.15) is 121 Å². The SMILES string of the molecule is CCC1CC2CC(C)CC(C2)C12c1cc(N(c3ccccc3C)c3cccc4c3oc3c(C(C)(C)C)cccc34)ccc1-c1cc3ccc(N(c4ccccc4C)c4cccc5c4oc4c(C(C)(C)C)cccc45)cc3cc12. The van der Waals surface area contributed by atoms with E-state index in [0.29, 0.717) is 17.8 Å². The Morgan fingerprint density at radius 3 is 1.51 bits per heavy atom. The minimum Gasteiger partial charge on any atom is -0.454 e. The number of anilines is 6. The highest BCUT2D eigenvalue weighted by atomic mass is 16.3. The summed E-state index contributed by atoms with van der Waals surface area (Å²) in [4.78, 5) is 4.97. The maximum Gasteiger partial charge on any atom is 0.159 e. The number of benzene rings is 9. The van der Waals surface area contributed by atoms with Gasteiger partial charge in [0.2, 0.25) is 0 Å². The number of fused-ring (bicyclic) bond motifs is 15. The lowest BCUT2D eigenvalue weighted by Gasteiger charge is -2.55. The second-order valence-electron chi connectivity index (χ2n) is 25.9. The summed E-state index contributed by atoms with van der Waals surface area (Å²) >= 11 is 0. The van der Waals surface area contributed by atoms with E-state index in [0.717, 1.165) is 79.3 Å². The van der Waals surface area contributed by atoms with Gasteiger partial charge in [0, 0.05) is 60.8 Å². The minimum atomic E-state index is -0.157. The maximum absolute atomic E-state index is 7.19. The predicted octanol–water partition coefficient (Wildman–Crippen LogP) is 21.5. The van der Waals surface area contributed by atoms with E-state index in [1.165, 1.54) is 92.0 Å². The molecule has 3 aliphatic rings. The first-order chi connectivity index (χ1) is 37.6. The van der Waals surface area contributed by atoms with Gasteiger partial charge in [-0.3, -0.25) is 0 Å². The molecule has 0 N–H and O–H groups in total. The Kier molecular flexibility index (Phi) is 11.1. The normalized spacial score (nSPS) is 20.1. The van der Waals surface area contributed by atoms with E-state index in [9.17, 15) is 0 Å². The van der Waals surface area contributed by atoms with Crippen LogP contribution in [0.25, 0.3) is 65.8 Å². The van der Waals surface area contributed by atoms with Crippen LogP contribution < -0.4 is 9.80 Å². The molecule has 5 atom stereocenters. The fourth-order valence-corrected chi connectivity index (χ4v) is 15.6. The smallest absolute Gasteiger partial charge is 0.159 e. The molecular weight excluding hydrogens is 949 g/mol. The first-order valence-corrected chi connectivity index (χ1v) is 29.0. The zero-order valence-electron chi connectivity index (χ0n) is 47.2. The molecule has 2 aromatic heterocycles. The predicted molar refractivity (Wildman–Crippen MR) is 329 cm³/mol. The van der Waals surface area contributed by atoms with Gasteiger partial charge >= 0.3 is 0 Å². The fraction of sp³-hybridized carbons (Fsp3) is 0.297. The van der Waals surface area contributed by atoms with Crippen LogP contribution in [0.2, 0.25) is 0 Å². The zero-order valence-corrected chi connectivity index (χ0v) is 47.2. The van der Waals surface area contributed by atoms with Crippen molar-refractivity contribution in [3.8, 4) is 11.1 Å². The second-order valence-corrected chi connectivity index (χ2v) is 25.9. The molecule has 11 aromatic rings. The molecule has 2 fully saturated rings. The highest BCUT2D eigenvalue weighted by Crippen LogP contribution is 2.66. The Bertz CT molecular complexity index is 4210. The van der Waals surface area contributed by atoms with Crippen molar-refractivity contribution >= 4 is 88.8 Å². The summed E-state index contributed by atoms with van der Waals surface area (Å²) in [6, 6.07) is 64.4. The van der Waals surface area contributed by atoms with E-state index in [2.05, 4.69) is 249 Å². The van der Waals surface area contributed by atoms with E-state index >= 15 is 0 Å². The van der Waals surface area contributed by atoms with E-state index in [4.69, 9.17) is 8.83 Å². The van der Waals surface area contributed by atoms with Crippen LogP contribution in [0.15, 0.2) is 179 Å². The van der Waals surface area contributed by atoms with Crippen LogP contribution in [-0.2, 0) is 16.2 Å². The second kappa shape index (κ2) is 17.7. The van der Waals surface area contributed by atoms with Crippen LogP contribution in [0, 0.1) is 37.5 Å². The van der Waals surface area contributed by atoms with Gasteiger partial charge in [-0.2, -0.15) is 0 Å². The average molecular weight is 1020 g/mol. The number of hydrogen-bond acceptors (Lipinski definition) is 4. The van der Waals surface area contributed by atoms with Crippen molar-refractivity contribution in [3.63, 3.8) is 0 Å². The van der Waals surface area contributed by atoms with Gasteiger partial charge in [0.15, 0.2) is 11.2 Å². The number of furan rings is 2. The maximum atomic E-state index is 7.19. The molecule has 0 saturated heterocycles. The molecule has 3 aliphatic carbocycles. The lowest BCUT2D eigenvalue weighted by molar-refractivity contribution is 0.0331. The topological polar surface area (TPSA) is 32.8 Å². The molecule has 2 heterocycles. The lowest BCUT2D eigenvalue weighted by atomic mass is 9.48. The molecule has 0 radical (unpaired) electrons. The Hall–Kier alpha value is -7.56. The Balaban J connectivity index is 0.985. The standard InChI is InChI=1S/C74H72N2O2/c1-11-50-38-47-36-44(2)37-51(39-47)74(50)62-42-49-40-52(75(64-28-14-12-20-45(64)3)66-30-18-24-57-55-22-16-26-60(72(5,6)7)68(55)77-70(57)66)33-32-48(49)41-59(62)54-35-34-53(43-63(54)74)76(65-29-15-13-21-46(65)4)67-31-19-25-58-56-23-17-27-61(73(8,9)10)69(56)78-71(58)67/h12-35,40-44,47,50-51H,11,36-39H2,1-10H3. The van der Waals surface area contributed by atoms with Gasteiger partial charge in [-0.05, 0) is 179 Å². The third-order valence-electron chi connectivity index (χ3n) is 18.9. The summed E-state index contributed by atoms with van der Waals surface area (Å²) in [7, 11) is 0. The van der Waals surface area contributed by atoms with Crippen LogP contribution in [0.4, 0.5) is 34.1 Å². The highest BCUT2D eigenvalue weighted by Gasteiger charge is 2.57. The quantitative estimate of drug-likeness (QED) is 0.159. The molecule has 14 rings (SSSR count).